The molecule has 0 saturated heterocycles. The lowest BCUT2D eigenvalue weighted by atomic mass is 9.66. The Morgan fingerprint density at radius 3 is 2.57 bits per heavy atom. The Bertz CT molecular complexity index is 672. The van der Waals surface area contributed by atoms with Crippen LogP contribution in [0, 0.1) is 17.8 Å². The molecule has 0 aromatic heterocycles. The SMILES string of the molecule is COC(=O)CCc1cccc(CCNC(=O)[C@]2(O)C[C@H](C)CC[C@H]2C(C)C)c1. The third-order valence-electron chi connectivity index (χ3n) is 5.98. The van der Waals surface area contributed by atoms with Crippen molar-refractivity contribution in [2.24, 2.45) is 17.8 Å². The van der Waals surface area contributed by atoms with Crippen LogP contribution in [0.15, 0.2) is 24.3 Å². The van der Waals surface area contributed by atoms with E-state index in [9.17, 15) is 14.7 Å². The zero-order valence-corrected chi connectivity index (χ0v) is 17.7. The minimum Gasteiger partial charge on any atom is -0.469 e. The summed E-state index contributed by atoms with van der Waals surface area (Å²) < 4.78 is 4.68. The largest absolute Gasteiger partial charge is 0.469 e. The van der Waals surface area contributed by atoms with E-state index in [1.54, 1.807) is 0 Å². The minimum atomic E-state index is -1.27. The number of esters is 1. The molecule has 1 saturated carbocycles. The fourth-order valence-corrected chi connectivity index (χ4v) is 4.40. The number of nitrogens with one attached hydrogen (secondary N) is 1. The lowest BCUT2D eigenvalue weighted by molar-refractivity contribution is -0.155. The van der Waals surface area contributed by atoms with Gasteiger partial charge in [-0.25, -0.2) is 0 Å². The maximum Gasteiger partial charge on any atom is 0.305 e. The Kier molecular flexibility index (Phi) is 8.05. The van der Waals surface area contributed by atoms with Gasteiger partial charge in [0.25, 0.3) is 5.91 Å². The molecule has 1 aromatic rings. The number of aryl methyl sites for hydroxylation is 1. The Hall–Kier alpha value is -1.88. The quantitative estimate of drug-likeness (QED) is 0.669. The molecule has 3 atom stereocenters. The molecular formula is C23H35NO4. The van der Waals surface area contributed by atoms with Crippen LogP contribution >= 0.6 is 0 Å². The molecule has 1 aliphatic carbocycles. The number of amides is 1. The van der Waals surface area contributed by atoms with E-state index in [0.29, 0.717) is 38.1 Å². The van der Waals surface area contributed by atoms with E-state index >= 15 is 0 Å². The first-order valence-corrected chi connectivity index (χ1v) is 10.4. The predicted molar refractivity (Wildman–Crippen MR) is 110 cm³/mol. The highest BCUT2D eigenvalue weighted by atomic mass is 16.5. The highest BCUT2D eigenvalue weighted by Gasteiger charge is 2.48. The highest BCUT2D eigenvalue weighted by molar-refractivity contribution is 5.85. The predicted octanol–water partition coefficient (Wildman–Crippen LogP) is 3.27. The molecule has 0 spiro atoms. The summed E-state index contributed by atoms with van der Waals surface area (Å²) in [5.41, 5.74) is 0.912. The van der Waals surface area contributed by atoms with Gasteiger partial charge < -0.3 is 15.2 Å². The number of carbonyl (C=O) groups is 2. The number of ether oxygens (including phenoxy) is 1. The van der Waals surface area contributed by atoms with E-state index < -0.39 is 5.60 Å². The summed E-state index contributed by atoms with van der Waals surface area (Å²) in [4.78, 5) is 24.1. The lowest BCUT2D eigenvalue weighted by Gasteiger charge is -2.43. The van der Waals surface area contributed by atoms with Gasteiger partial charge >= 0.3 is 5.97 Å². The van der Waals surface area contributed by atoms with Crippen molar-refractivity contribution >= 4 is 11.9 Å². The Morgan fingerprint density at radius 1 is 1.25 bits per heavy atom. The highest BCUT2D eigenvalue weighted by Crippen LogP contribution is 2.41. The van der Waals surface area contributed by atoms with Gasteiger partial charge in [0.1, 0.15) is 5.60 Å². The molecule has 0 radical (unpaired) electrons. The third kappa shape index (κ3) is 5.81. The van der Waals surface area contributed by atoms with E-state index in [0.717, 1.165) is 24.0 Å². The van der Waals surface area contributed by atoms with Gasteiger partial charge in [0, 0.05) is 13.0 Å². The number of benzene rings is 1. The Balaban J connectivity index is 1.91. The smallest absolute Gasteiger partial charge is 0.305 e. The molecular weight excluding hydrogens is 354 g/mol. The van der Waals surface area contributed by atoms with Gasteiger partial charge in [0.05, 0.1) is 7.11 Å². The molecule has 1 aromatic carbocycles. The number of methoxy groups -OCH3 is 1. The second-order valence-electron chi connectivity index (χ2n) is 8.56. The molecule has 1 amide bonds. The molecule has 2 rings (SSSR count). The van der Waals surface area contributed by atoms with Crippen molar-refractivity contribution < 1.29 is 19.4 Å². The van der Waals surface area contributed by atoms with Crippen molar-refractivity contribution in [1.29, 1.82) is 0 Å². The first-order valence-electron chi connectivity index (χ1n) is 10.4. The molecule has 0 aliphatic heterocycles. The lowest BCUT2D eigenvalue weighted by Crippen LogP contribution is -2.56. The van der Waals surface area contributed by atoms with Crippen LogP contribution in [0.2, 0.25) is 0 Å². The second kappa shape index (κ2) is 10.1. The van der Waals surface area contributed by atoms with E-state index in [-0.39, 0.29) is 23.7 Å². The maximum absolute atomic E-state index is 12.8. The zero-order chi connectivity index (χ0) is 20.7. The number of hydrogen-bond donors (Lipinski definition) is 2. The van der Waals surface area contributed by atoms with Gasteiger partial charge in [-0.3, -0.25) is 9.59 Å². The van der Waals surface area contributed by atoms with E-state index in [1.165, 1.54) is 7.11 Å². The first kappa shape index (κ1) is 22.4. The van der Waals surface area contributed by atoms with E-state index in [1.807, 2.05) is 18.2 Å². The van der Waals surface area contributed by atoms with Crippen molar-refractivity contribution in [3.8, 4) is 0 Å². The van der Waals surface area contributed by atoms with Crippen LogP contribution in [0.4, 0.5) is 0 Å². The molecule has 1 aliphatic rings. The minimum absolute atomic E-state index is 0.00495. The van der Waals surface area contributed by atoms with Crippen molar-refractivity contribution in [2.75, 3.05) is 13.7 Å². The van der Waals surface area contributed by atoms with Crippen LogP contribution < -0.4 is 5.32 Å². The number of hydrogen-bond acceptors (Lipinski definition) is 4. The second-order valence-corrected chi connectivity index (χ2v) is 8.56. The van der Waals surface area contributed by atoms with Crippen molar-refractivity contribution in [1.82, 2.24) is 5.32 Å². The average Bonchev–Trinajstić information content (AvgIpc) is 2.66. The molecule has 2 N–H and O–H groups in total. The molecule has 156 valence electrons. The standard InChI is InChI=1S/C23H35NO4/c1-16(2)20-10-8-17(3)15-23(20,27)22(26)24-13-12-19-7-5-6-18(14-19)9-11-21(25)28-4/h5-7,14,16-17,20,27H,8-13,15H2,1-4H3,(H,24,26)/t17-,20+,23+/m1/s1. The summed E-state index contributed by atoms with van der Waals surface area (Å²) in [6.07, 6.45) is 4.18. The molecule has 1 fully saturated rings. The van der Waals surface area contributed by atoms with Gasteiger partial charge in [-0.1, -0.05) is 51.5 Å². The molecule has 0 unspecified atom stereocenters. The van der Waals surface area contributed by atoms with Gasteiger partial charge in [0.15, 0.2) is 0 Å². The van der Waals surface area contributed by atoms with Crippen molar-refractivity contribution in [3.05, 3.63) is 35.4 Å². The van der Waals surface area contributed by atoms with Crippen molar-refractivity contribution in [2.45, 2.75) is 64.9 Å². The average molecular weight is 390 g/mol. The number of aliphatic hydroxyl groups is 1. The zero-order valence-electron chi connectivity index (χ0n) is 17.7. The normalized spacial score (nSPS) is 24.8. The molecule has 0 bridgehead atoms. The summed E-state index contributed by atoms with van der Waals surface area (Å²) in [5.74, 6) is 0.184. The van der Waals surface area contributed by atoms with Gasteiger partial charge in [0.2, 0.25) is 0 Å². The molecule has 5 nitrogen and oxygen atoms in total. The van der Waals surface area contributed by atoms with Gasteiger partial charge in [-0.2, -0.15) is 0 Å². The summed E-state index contributed by atoms with van der Waals surface area (Å²) in [5, 5.41) is 14.1. The topological polar surface area (TPSA) is 75.6 Å². The first-order chi connectivity index (χ1) is 13.3. The summed E-state index contributed by atoms with van der Waals surface area (Å²) in [7, 11) is 1.40. The summed E-state index contributed by atoms with van der Waals surface area (Å²) >= 11 is 0. The van der Waals surface area contributed by atoms with Gasteiger partial charge in [-0.05, 0) is 54.6 Å². The van der Waals surface area contributed by atoms with Crippen LogP contribution in [0.5, 0.6) is 0 Å². The Labute approximate surface area is 168 Å². The van der Waals surface area contributed by atoms with Crippen LogP contribution in [0.3, 0.4) is 0 Å². The van der Waals surface area contributed by atoms with E-state index in [4.69, 9.17) is 0 Å². The summed E-state index contributed by atoms with van der Waals surface area (Å²) in [6, 6.07) is 8.03. The van der Waals surface area contributed by atoms with Crippen LogP contribution in [-0.4, -0.2) is 36.2 Å². The van der Waals surface area contributed by atoms with E-state index in [2.05, 4.69) is 36.9 Å². The third-order valence-corrected chi connectivity index (χ3v) is 5.98. The Morgan fingerprint density at radius 2 is 1.93 bits per heavy atom. The fourth-order valence-electron chi connectivity index (χ4n) is 4.40. The van der Waals surface area contributed by atoms with Crippen LogP contribution in [0.1, 0.15) is 57.6 Å². The summed E-state index contributed by atoms with van der Waals surface area (Å²) in [6.45, 7) is 6.76. The van der Waals surface area contributed by atoms with Crippen molar-refractivity contribution in [3.63, 3.8) is 0 Å². The maximum atomic E-state index is 12.8. The fraction of sp³-hybridized carbons (Fsp3) is 0.652. The van der Waals surface area contributed by atoms with Gasteiger partial charge in [-0.15, -0.1) is 0 Å². The number of carbonyl (C=O) groups excluding carboxylic acids is 2. The molecule has 28 heavy (non-hydrogen) atoms. The molecule has 5 heteroatoms. The van der Waals surface area contributed by atoms with Crippen LogP contribution in [0.25, 0.3) is 0 Å². The molecule has 0 heterocycles. The number of rotatable bonds is 8. The van der Waals surface area contributed by atoms with Crippen LogP contribution in [-0.2, 0) is 27.2 Å². The monoisotopic (exact) mass is 389 g/mol.